The maximum Gasteiger partial charge on any atom is 0.359 e. The fraction of sp³-hybridized carbons (Fsp3) is 0.300. The summed E-state index contributed by atoms with van der Waals surface area (Å²) in [6.45, 7) is 2.61. The van der Waals surface area contributed by atoms with Crippen LogP contribution in [0.2, 0.25) is 0 Å². The van der Waals surface area contributed by atoms with Crippen LogP contribution in [0.25, 0.3) is 0 Å². The van der Waals surface area contributed by atoms with Crippen LogP contribution in [0.1, 0.15) is 37.3 Å². The average molecular weight is 488 g/mol. The fourth-order valence-electron chi connectivity index (χ4n) is 4.68. The van der Waals surface area contributed by atoms with Crippen molar-refractivity contribution < 1.29 is 24.5 Å². The largest absolute Gasteiger partial charge is 0.510 e. The lowest BCUT2D eigenvalue weighted by atomic mass is 9.82. The second kappa shape index (κ2) is 11.8. The van der Waals surface area contributed by atoms with Gasteiger partial charge in [-0.25, -0.2) is 4.79 Å². The molecule has 1 unspecified atom stereocenters. The Kier molecular flexibility index (Phi) is 8.28. The summed E-state index contributed by atoms with van der Waals surface area (Å²) >= 11 is 0. The molecule has 1 heterocycles. The molecule has 3 aromatic carbocycles. The quantitative estimate of drug-likeness (QED) is 0.347. The van der Waals surface area contributed by atoms with Gasteiger partial charge in [0.25, 0.3) is 0 Å². The summed E-state index contributed by atoms with van der Waals surface area (Å²) in [6, 6.07) is 27.0. The summed E-state index contributed by atoms with van der Waals surface area (Å²) in [4.78, 5) is 15.4. The highest BCUT2D eigenvalue weighted by Gasteiger charge is 2.44. The predicted octanol–water partition coefficient (Wildman–Crippen LogP) is 5.52. The van der Waals surface area contributed by atoms with Crippen molar-refractivity contribution in [3.05, 3.63) is 108 Å². The molecule has 0 amide bonds. The van der Waals surface area contributed by atoms with E-state index in [0.29, 0.717) is 30.8 Å². The number of ether oxygens (including phenoxy) is 2. The van der Waals surface area contributed by atoms with Gasteiger partial charge in [-0.05, 0) is 42.5 Å². The Morgan fingerprint density at radius 2 is 1.72 bits per heavy atom. The van der Waals surface area contributed by atoms with Gasteiger partial charge in [0.15, 0.2) is 5.70 Å². The van der Waals surface area contributed by atoms with Crippen LogP contribution < -0.4 is 9.64 Å². The molecule has 6 heteroatoms. The number of benzene rings is 3. The van der Waals surface area contributed by atoms with Gasteiger partial charge < -0.3 is 24.6 Å². The van der Waals surface area contributed by atoms with Crippen molar-refractivity contribution in [3.63, 3.8) is 0 Å². The first-order valence-corrected chi connectivity index (χ1v) is 12.4. The van der Waals surface area contributed by atoms with Crippen molar-refractivity contribution in [2.45, 2.75) is 38.2 Å². The number of anilines is 1. The Morgan fingerprint density at radius 3 is 2.39 bits per heavy atom. The lowest BCUT2D eigenvalue weighted by Crippen LogP contribution is -2.43. The van der Waals surface area contributed by atoms with Crippen LogP contribution in [0.15, 0.2) is 96.4 Å². The van der Waals surface area contributed by atoms with E-state index >= 15 is 0 Å². The number of aliphatic hydroxyl groups excluding tert-OH is 2. The predicted molar refractivity (Wildman–Crippen MR) is 140 cm³/mol. The number of aryl methyl sites for hydroxylation is 1. The van der Waals surface area contributed by atoms with E-state index < -0.39 is 11.6 Å². The number of esters is 1. The van der Waals surface area contributed by atoms with Gasteiger partial charge in [0.05, 0.1) is 13.0 Å². The van der Waals surface area contributed by atoms with Gasteiger partial charge in [0, 0.05) is 18.3 Å². The third-order valence-electron chi connectivity index (χ3n) is 6.37. The van der Waals surface area contributed by atoms with Crippen LogP contribution in [0.3, 0.4) is 0 Å². The molecule has 36 heavy (non-hydrogen) atoms. The van der Waals surface area contributed by atoms with E-state index in [1.54, 1.807) is 17.0 Å². The molecule has 1 aliphatic heterocycles. The van der Waals surface area contributed by atoms with Gasteiger partial charge in [-0.1, -0.05) is 73.7 Å². The minimum atomic E-state index is -0.967. The summed E-state index contributed by atoms with van der Waals surface area (Å²) in [5, 5.41) is 20.5. The molecule has 0 radical (unpaired) electrons. The topological polar surface area (TPSA) is 79.2 Å². The van der Waals surface area contributed by atoms with Crippen molar-refractivity contribution in [1.82, 2.24) is 0 Å². The minimum absolute atomic E-state index is 0.0123. The van der Waals surface area contributed by atoms with Crippen LogP contribution in [0, 0.1) is 0 Å². The molecule has 6 nitrogen and oxygen atoms in total. The number of hydrogen-bond donors (Lipinski definition) is 2. The van der Waals surface area contributed by atoms with Crippen molar-refractivity contribution in [2.75, 3.05) is 24.7 Å². The van der Waals surface area contributed by atoms with Crippen LogP contribution in [-0.2, 0) is 21.6 Å². The molecule has 1 aliphatic rings. The first-order valence-electron chi connectivity index (χ1n) is 12.4. The van der Waals surface area contributed by atoms with Gasteiger partial charge in [-0.2, -0.15) is 0 Å². The van der Waals surface area contributed by atoms with Crippen molar-refractivity contribution in [2.24, 2.45) is 0 Å². The van der Waals surface area contributed by atoms with E-state index in [9.17, 15) is 9.90 Å². The smallest absolute Gasteiger partial charge is 0.359 e. The van der Waals surface area contributed by atoms with Crippen molar-refractivity contribution in [3.8, 4) is 5.75 Å². The number of hydrogen-bond acceptors (Lipinski definition) is 6. The Hall–Kier alpha value is -3.77. The molecule has 0 fully saturated rings. The van der Waals surface area contributed by atoms with Gasteiger partial charge in [-0.3, -0.25) is 0 Å². The van der Waals surface area contributed by atoms with E-state index in [1.165, 1.54) is 0 Å². The van der Waals surface area contributed by atoms with Crippen LogP contribution in [-0.4, -0.2) is 35.9 Å². The Balaban J connectivity index is 1.69. The highest BCUT2D eigenvalue weighted by Crippen LogP contribution is 2.43. The Morgan fingerprint density at radius 1 is 1.00 bits per heavy atom. The SMILES string of the molecule is CCCN(C1=C(O)CC(CCc2ccccc2)(c2ccccc2)OC1=O)c1cccc(OCCO)c1. The molecule has 0 spiro atoms. The molecular weight excluding hydrogens is 454 g/mol. The molecule has 1 atom stereocenters. The van der Waals surface area contributed by atoms with Gasteiger partial charge in [0.2, 0.25) is 0 Å². The molecule has 0 aliphatic carbocycles. The molecule has 0 saturated carbocycles. The maximum absolute atomic E-state index is 13.6. The third-order valence-corrected chi connectivity index (χ3v) is 6.37. The van der Waals surface area contributed by atoms with E-state index in [0.717, 1.165) is 17.5 Å². The number of carbonyl (C=O) groups excluding carboxylic acids is 1. The van der Waals surface area contributed by atoms with Crippen molar-refractivity contribution in [1.29, 1.82) is 0 Å². The monoisotopic (exact) mass is 487 g/mol. The lowest BCUT2D eigenvalue weighted by Gasteiger charge is -2.40. The molecular formula is C30H33NO5. The summed E-state index contributed by atoms with van der Waals surface area (Å²) in [6.07, 6.45) is 2.19. The van der Waals surface area contributed by atoms with Crippen LogP contribution >= 0.6 is 0 Å². The zero-order chi connectivity index (χ0) is 25.4. The van der Waals surface area contributed by atoms with Crippen LogP contribution in [0.5, 0.6) is 5.75 Å². The number of rotatable bonds is 11. The summed E-state index contributed by atoms with van der Waals surface area (Å²) < 4.78 is 11.8. The molecule has 188 valence electrons. The van der Waals surface area contributed by atoms with E-state index in [1.807, 2.05) is 67.6 Å². The highest BCUT2D eigenvalue weighted by molar-refractivity contribution is 5.94. The average Bonchev–Trinajstić information content (AvgIpc) is 2.91. The van der Waals surface area contributed by atoms with Crippen molar-refractivity contribution >= 4 is 11.7 Å². The zero-order valence-corrected chi connectivity index (χ0v) is 20.6. The first kappa shape index (κ1) is 25.3. The van der Waals surface area contributed by atoms with E-state index in [4.69, 9.17) is 14.6 Å². The number of carbonyl (C=O) groups is 1. The number of cyclic esters (lactones) is 1. The zero-order valence-electron chi connectivity index (χ0n) is 20.6. The molecule has 0 saturated heterocycles. The van der Waals surface area contributed by atoms with Crippen LogP contribution in [0.4, 0.5) is 5.69 Å². The normalized spacial score (nSPS) is 17.6. The molecule has 4 rings (SSSR count). The van der Waals surface area contributed by atoms with Gasteiger partial charge >= 0.3 is 5.97 Å². The summed E-state index contributed by atoms with van der Waals surface area (Å²) in [5.74, 6) is 0.0394. The molecule has 0 bridgehead atoms. The second-order valence-corrected chi connectivity index (χ2v) is 8.93. The van der Waals surface area contributed by atoms with E-state index in [-0.39, 0.29) is 31.1 Å². The minimum Gasteiger partial charge on any atom is -0.510 e. The molecule has 2 N–H and O–H groups in total. The summed E-state index contributed by atoms with van der Waals surface area (Å²) in [5.41, 5.74) is 1.91. The summed E-state index contributed by atoms with van der Waals surface area (Å²) in [7, 11) is 0. The maximum atomic E-state index is 13.6. The molecule has 0 aromatic heterocycles. The third kappa shape index (κ3) is 5.71. The van der Waals surface area contributed by atoms with Gasteiger partial charge in [-0.15, -0.1) is 0 Å². The standard InChI is InChI=1S/C30H33NO5/c1-2-18-31(25-14-9-15-26(21-25)35-20-19-32)28-27(33)22-30(36-29(28)34,24-12-7-4-8-13-24)17-16-23-10-5-3-6-11-23/h3-15,21,32-33H,2,16-20,22H2,1H3. The number of aliphatic hydroxyl groups is 2. The fourth-order valence-corrected chi connectivity index (χ4v) is 4.68. The Labute approximate surface area is 212 Å². The Bertz CT molecular complexity index is 1180. The lowest BCUT2D eigenvalue weighted by molar-refractivity contribution is -0.161. The van der Waals surface area contributed by atoms with Gasteiger partial charge in [0.1, 0.15) is 23.7 Å². The van der Waals surface area contributed by atoms with E-state index in [2.05, 4.69) is 12.1 Å². The first-order chi connectivity index (χ1) is 17.6. The highest BCUT2D eigenvalue weighted by atomic mass is 16.6. The second-order valence-electron chi connectivity index (χ2n) is 8.93. The molecule has 3 aromatic rings. The number of nitrogens with zero attached hydrogens (tertiary/aromatic N) is 1.